The Hall–Kier alpha value is -2.43. The number of anilines is 1. The molecular formula is C21H20BrN3O4S2. The van der Waals surface area contributed by atoms with Crippen molar-refractivity contribution >= 4 is 67.9 Å². The highest BCUT2D eigenvalue weighted by Crippen LogP contribution is 2.33. The number of ether oxygens (including phenoxy) is 2. The number of halogens is 1. The third-order valence-electron chi connectivity index (χ3n) is 4.10. The summed E-state index contributed by atoms with van der Waals surface area (Å²) in [5.41, 5.74) is 2.48. The van der Waals surface area contributed by atoms with E-state index in [9.17, 15) is 9.59 Å². The van der Waals surface area contributed by atoms with E-state index in [1.165, 1.54) is 23.0 Å². The van der Waals surface area contributed by atoms with E-state index in [4.69, 9.17) is 21.7 Å². The van der Waals surface area contributed by atoms with Crippen molar-refractivity contribution in [3.63, 3.8) is 0 Å². The minimum absolute atomic E-state index is 0.160. The van der Waals surface area contributed by atoms with Gasteiger partial charge in [0, 0.05) is 15.7 Å². The van der Waals surface area contributed by atoms with E-state index in [0.29, 0.717) is 43.9 Å². The summed E-state index contributed by atoms with van der Waals surface area (Å²) >= 11 is 9.87. The first-order valence-corrected chi connectivity index (χ1v) is 11.6. The number of carbonyl (C=O) groups is 2. The van der Waals surface area contributed by atoms with E-state index in [0.717, 1.165) is 5.56 Å². The van der Waals surface area contributed by atoms with Crippen LogP contribution in [0.3, 0.4) is 0 Å². The highest BCUT2D eigenvalue weighted by molar-refractivity contribution is 9.10. The Labute approximate surface area is 198 Å². The standard InChI is InChI=1S/C21H20BrN3O4S2/c1-3-28-17-8-14(10-23-25-20(27)12-31-21(25)30)16(22)9-18(17)29-11-19(26)24-15-6-4-13(2)5-7-15/h4-10H,3,11-12H2,1-2H3,(H,24,26)/b23-10+. The molecule has 1 heterocycles. The summed E-state index contributed by atoms with van der Waals surface area (Å²) in [7, 11) is 0. The van der Waals surface area contributed by atoms with Crippen molar-refractivity contribution in [3.05, 3.63) is 52.0 Å². The smallest absolute Gasteiger partial charge is 0.262 e. The van der Waals surface area contributed by atoms with Gasteiger partial charge in [0.1, 0.15) is 0 Å². The Morgan fingerprint density at radius 1 is 1.29 bits per heavy atom. The third-order valence-corrected chi connectivity index (χ3v) is 6.12. The van der Waals surface area contributed by atoms with Gasteiger partial charge in [0.15, 0.2) is 22.4 Å². The molecule has 1 aliphatic heterocycles. The van der Waals surface area contributed by atoms with Gasteiger partial charge in [0.05, 0.1) is 18.6 Å². The Kier molecular flexibility index (Phi) is 8.05. The lowest BCUT2D eigenvalue weighted by Gasteiger charge is -2.14. The van der Waals surface area contributed by atoms with Crippen molar-refractivity contribution in [1.29, 1.82) is 0 Å². The molecule has 2 aromatic rings. The summed E-state index contributed by atoms with van der Waals surface area (Å²) in [6.07, 6.45) is 1.52. The number of thiocarbonyl (C=S) groups is 1. The predicted octanol–water partition coefficient (Wildman–Crippen LogP) is 4.37. The molecule has 1 fully saturated rings. The van der Waals surface area contributed by atoms with Crippen molar-refractivity contribution in [2.45, 2.75) is 13.8 Å². The molecule has 7 nitrogen and oxygen atoms in total. The van der Waals surface area contributed by atoms with Crippen LogP contribution in [0.2, 0.25) is 0 Å². The molecule has 0 saturated carbocycles. The van der Waals surface area contributed by atoms with Crippen LogP contribution in [0.5, 0.6) is 11.5 Å². The highest BCUT2D eigenvalue weighted by atomic mass is 79.9. The predicted molar refractivity (Wildman–Crippen MR) is 130 cm³/mol. The van der Waals surface area contributed by atoms with Crippen molar-refractivity contribution in [1.82, 2.24) is 5.01 Å². The maximum Gasteiger partial charge on any atom is 0.262 e. The Balaban J connectivity index is 1.70. The number of nitrogens with zero attached hydrogens (tertiary/aromatic N) is 2. The topological polar surface area (TPSA) is 80.2 Å². The van der Waals surface area contributed by atoms with E-state index in [2.05, 4.69) is 26.3 Å². The Morgan fingerprint density at radius 3 is 2.65 bits per heavy atom. The number of hydrogen-bond donors (Lipinski definition) is 1. The van der Waals surface area contributed by atoms with Crippen LogP contribution in [-0.4, -0.2) is 46.3 Å². The molecule has 1 N–H and O–H groups in total. The number of benzene rings is 2. The van der Waals surface area contributed by atoms with E-state index in [-0.39, 0.29) is 18.4 Å². The van der Waals surface area contributed by atoms with Crippen molar-refractivity contribution in [3.8, 4) is 11.5 Å². The van der Waals surface area contributed by atoms with E-state index in [1.807, 2.05) is 38.1 Å². The molecule has 1 aliphatic rings. The first-order chi connectivity index (χ1) is 14.9. The van der Waals surface area contributed by atoms with Gasteiger partial charge in [-0.25, -0.2) is 0 Å². The Morgan fingerprint density at radius 2 is 2.00 bits per heavy atom. The Bertz CT molecular complexity index is 1010. The summed E-state index contributed by atoms with van der Waals surface area (Å²) in [4.78, 5) is 24.1. The zero-order chi connectivity index (χ0) is 22.4. The van der Waals surface area contributed by atoms with Gasteiger partial charge in [-0.3, -0.25) is 9.59 Å². The van der Waals surface area contributed by atoms with E-state index < -0.39 is 0 Å². The number of hydrogen-bond acceptors (Lipinski definition) is 7. The first kappa shape index (κ1) is 23.2. The monoisotopic (exact) mass is 521 g/mol. The fourth-order valence-electron chi connectivity index (χ4n) is 2.59. The summed E-state index contributed by atoms with van der Waals surface area (Å²) in [5, 5.41) is 8.17. The molecule has 162 valence electrons. The van der Waals surface area contributed by atoms with Crippen LogP contribution < -0.4 is 14.8 Å². The molecule has 3 rings (SSSR count). The minimum Gasteiger partial charge on any atom is -0.490 e. The quantitative estimate of drug-likeness (QED) is 0.410. The van der Waals surface area contributed by atoms with Crippen LogP contribution in [0, 0.1) is 6.92 Å². The molecule has 1 saturated heterocycles. The van der Waals surface area contributed by atoms with Crippen LogP contribution in [0.25, 0.3) is 0 Å². The van der Waals surface area contributed by atoms with Crippen LogP contribution >= 0.6 is 39.9 Å². The molecule has 31 heavy (non-hydrogen) atoms. The van der Waals surface area contributed by atoms with Crippen molar-refractivity contribution < 1.29 is 19.1 Å². The third kappa shape index (κ3) is 6.28. The number of amides is 2. The zero-order valence-corrected chi connectivity index (χ0v) is 20.1. The molecule has 0 aromatic heterocycles. The molecule has 0 radical (unpaired) electrons. The average Bonchev–Trinajstić information content (AvgIpc) is 3.06. The molecule has 0 atom stereocenters. The van der Waals surface area contributed by atoms with Gasteiger partial charge in [-0.15, -0.1) is 0 Å². The average molecular weight is 522 g/mol. The van der Waals surface area contributed by atoms with Gasteiger partial charge in [-0.05, 0) is 54.0 Å². The summed E-state index contributed by atoms with van der Waals surface area (Å²) in [6, 6.07) is 10.9. The van der Waals surface area contributed by atoms with E-state index in [1.54, 1.807) is 12.1 Å². The lowest BCUT2D eigenvalue weighted by atomic mass is 10.2. The number of hydrazone groups is 1. The van der Waals surface area contributed by atoms with Crippen LogP contribution in [0.15, 0.2) is 46.0 Å². The normalized spacial score (nSPS) is 13.7. The molecule has 2 amide bonds. The van der Waals surface area contributed by atoms with Crippen LogP contribution in [-0.2, 0) is 9.59 Å². The number of aryl methyl sites for hydroxylation is 1. The largest absolute Gasteiger partial charge is 0.490 e. The van der Waals surface area contributed by atoms with Gasteiger partial charge in [0.25, 0.3) is 11.8 Å². The summed E-state index contributed by atoms with van der Waals surface area (Å²) < 4.78 is 12.4. The SMILES string of the molecule is CCOc1cc(/C=N/N2C(=O)CSC2=S)c(Br)cc1OCC(=O)Nc1ccc(C)cc1. The van der Waals surface area contributed by atoms with Crippen molar-refractivity contribution in [2.24, 2.45) is 5.10 Å². The summed E-state index contributed by atoms with van der Waals surface area (Å²) in [6.45, 7) is 4.06. The molecule has 0 bridgehead atoms. The van der Waals surface area contributed by atoms with Gasteiger partial charge in [-0.1, -0.05) is 41.7 Å². The maximum absolute atomic E-state index is 12.2. The van der Waals surface area contributed by atoms with Gasteiger partial charge >= 0.3 is 0 Å². The maximum atomic E-state index is 12.2. The molecular weight excluding hydrogens is 502 g/mol. The number of nitrogens with one attached hydrogen (secondary N) is 1. The summed E-state index contributed by atoms with van der Waals surface area (Å²) in [5.74, 6) is 0.714. The van der Waals surface area contributed by atoms with Gasteiger partial charge in [-0.2, -0.15) is 10.1 Å². The van der Waals surface area contributed by atoms with Gasteiger partial charge in [0.2, 0.25) is 0 Å². The van der Waals surface area contributed by atoms with Crippen molar-refractivity contribution in [2.75, 3.05) is 24.3 Å². The molecule has 10 heteroatoms. The fraction of sp³-hybridized carbons (Fsp3) is 0.238. The fourth-order valence-corrected chi connectivity index (χ4v) is 3.98. The number of rotatable bonds is 8. The first-order valence-electron chi connectivity index (χ1n) is 9.36. The van der Waals surface area contributed by atoms with Gasteiger partial charge < -0.3 is 14.8 Å². The molecule has 2 aromatic carbocycles. The molecule has 0 aliphatic carbocycles. The second-order valence-electron chi connectivity index (χ2n) is 6.46. The lowest BCUT2D eigenvalue weighted by Crippen LogP contribution is -2.22. The van der Waals surface area contributed by atoms with E-state index >= 15 is 0 Å². The molecule has 0 spiro atoms. The molecule has 0 unspecified atom stereocenters. The highest BCUT2D eigenvalue weighted by Gasteiger charge is 2.26. The van der Waals surface area contributed by atoms with Crippen LogP contribution in [0.1, 0.15) is 18.1 Å². The number of thioether (sulfide) groups is 1. The van der Waals surface area contributed by atoms with Crippen LogP contribution in [0.4, 0.5) is 5.69 Å². The second kappa shape index (κ2) is 10.7. The zero-order valence-electron chi connectivity index (χ0n) is 16.9. The second-order valence-corrected chi connectivity index (χ2v) is 8.92. The lowest BCUT2D eigenvalue weighted by molar-refractivity contribution is -0.124. The minimum atomic E-state index is -0.286. The number of carbonyl (C=O) groups excluding carboxylic acids is 2.